The highest BCUT2D eigenvalue weighted by molar-refractivity contribution is 9.10. The number of aromatic nitrogens is 1. The average molecular weight is 438 g/mol. The molecule has 28 heavy (non-hydrogen) atoms. The second-order valence-electron chi connectivity index (χ2n) is 8.25. The smallest absolute Gasteiger partial charge is 0.258 e. The number of rotatable bonds is 3. The first kappa shape index (κ1) is 18.0. The largest absolute Gasteiger partial charge is 0.356 e. The molecule has 0 fully saturated rings. The van der Waals surface area contributed by atoms with E-state index >= 15 is 0 Å². The number of carbonyl (C=O) groups excluding carboxylic acids is 1. The van der Waals surface area contributed by atoms with E-state index < -0.39 is 5.54 Å². The van der Waals surface area contributed by atoms with Crippen molar-refractivity contribution in [2.24, 2.45) is 5.92 Å². The van der Waals surface area contributed by atoms with E-state index in [1.54, 1.807) is 0 Å². The van der Waals surface area contributed by atoms with Crippen molar-refractivity contribution < 1.29 is 4.79 Å². The molecule has 5 heteroatoms. The third-order valence-corrected chi connectivity index (χ3v) is 6.60. The number of H-pyrrole nitrogens is 1. The van der Waals surface area contributed by atoms with Crippen LogP contribution >= 0.6 is 15.9 Å². The lowest BCUT2D eigenvalue weighted by Gasteiger charge is -2.34. The molecule has 0 saturated carbocycles. The Morgan fingerprint density at radius 3 is 2.86 bits per heavy atom. The van der Waals surface area contributed by atoms with Gasteiger partial charge in [0.25, 0.3) is 5.91 Å². The number of nitrogens with zero attached hydrogens (tertiary/aromatic N) is 1. The molecule has 5 rings (SSSR count). The zero-order valence-electron chi connectivity index (χ0n) is 16.2. The van der Waals surface area contributed by atoms with Crippen LogP contribution in [0.3, 0.4) is 0 Å². The number of carbonyl (C=O) groups is 1. The Kier molecular flexibility index (Phi) is 4.14. The molecule has 0 aliphatic carbocycles. The summed E-state index contributed by atoms with van der Waals surface area (Å²) in [6, 6.07) is 14.6. The topological polar surface area (TPSA) is 48.1 Å². The fourth-order valence-corrected chi connectivity index (χ4v) is 5.10. The minimum absolute atomic E-state index is 0.133. The number of para-hydroxylation sites is 1. The first-order valence-electron chi connectivity index (χ1n) is 9.99. The average Bonchev–Trinajstić information content (AvgIpc) is 3.17. The lowest BCUT2D eigenvalue weighted by Crippen LogP contribution is -2.55. The van der Waals surface area contributed by atoms with E-state index in [0.29, 0.717) is 5.92 Å². The van der Waals surface area contributed by atoms with Gasteiger partial charge in [-0.15, -0.1) is 0 Å². The molecule has 1 aromatic heterocycles. The summed E-state index contributed by atoms with van der Waals surface area (Å²) in [6.45, 7) is 5.93. The van der Waals surface area contributed by atoms with Gasteiger partial charge in [0.2, 0.25) is 0 Å². The maximum absolute atomic E-state index is 13.9. The molecule has 1 amide bonds. The van der Waals surface area contributed by atoms with Crippen LogP contribution in [0.4, 0.5) is 5.69 Å². The van der Waals surface area contributed by atoms with Crippen molar-refractivity contribution in [3.05, 3.63) is 63.8 Å². The van der Waals surface area contributed by atoms with Gasteiger partial charge in [-0.25, -0.2) is 0 Å². The van der Waals surface area contributed by atoms with E-state index in [2.05, 4.69) is 70.4 Å². The SMILES string of the molecule is CC(C)CCN1C(=O)[C@]2(NCCc3c2[nH]c2ccccc32)c2cc(Br)ccc21. The summed E-state index contributed by atoms with van der Waals surface area (Å²) in [7, 11) is 0. The van der Waals surface area contributed by atoms with E-state index in [1.807, 2.05) is 17.0 Å². The molecule has 0 unspecified atom stereocenters. The molecule has 0 saturated heterocycles. The van der Waals surface area contributed by atoms with E-state index in [4.69, 9.17) is 0 Å². The molecule has 1 spiro atoms. The van der Waals surface area contributed by atoms with Crippen molar-refractivity contribution in [1.82, 2.24) is 10.3 Å². The molecule has 144 valence electrons. The molecule has 1 atom stereocenters. The molecule has 0 radical (unpaired) electrons. The van der Waals surface area contributed by atoms with Gasteiger partial charge in [0, 0.05) is 39.7 Å². The lowest BCUT2D eigenvalue weighted by atomic mass is 9.82. The van der Waals surface area contributed by atoms with Gasteiger partial charge >= 0.3 is 0 Å². The number of fused-ring (bicyclic) bond motifs is 6. The molecule has 2 aromatic carbocycles. The van der Waals surface area contributed by atoms with E-state index in [9.17, 15) is 4.79 Å². The number of hydrogen-bond acceptors (Lipinski definition) is 2. The normalized spacial score (nSPS) is 21.0. The minimum atomic E-state index is -0.831. The molecule has 2 aliphatic rings. The highest BCUT2D eigenvalue weighted by Crippen LogP contribution is 2.48. The van der Waals surface area contributed by atoms with Gasteiger partial charge in [-0.3, -0.25) is 10.1 Å². The highest BCUT2D eigenvalue weighted by Gasteiger charge is 2.55. The summed E-state index contributed by atoms with van der Waals surface area (Å²) in [4.78, 5) is 19.5. The maximum atomic E-state index is 13.9. The van der Waals surface area contributed by atoms with Crippen LogP contribution in [0.5, 0.6) is 0 Å². The Hall–Kier alpha value is -2.11. The summed E-state index contributed by atoms with van der Waals surface area (Å²) in [6.07, 6.45) is 1.90. The third-order valence-electron chi connectivity index (χ3n) is 6.10. The maximum Gasteiger partial charge on any atom is 0.258 e. The Balaban J connectivity index is 1.74. The Morgan fingerprint density at radius 2 is 2.04 bits per heavy atom. The van der Waals surface area contributed by atoms with Crippen molar-refractivity contribution in [3.63, 3.8) is 0 Å². The van der Waals surface area contributed by atoms with Gasteiger partial charge in [-0.1, -0.05) is 48.0 Å². The van der Waals surface area contributed by atoms with Crippen molar-refractivity contribution in [1.29, 1.82) is 0 Å². The molecule has 3 aromatic rings. The number of nitrogens with one attached hydrogen (secondary N) is 2. The van der Waals surface area contributed by atoms with Crippen LogP contribution in [0.25, 0.3) is 10.9 Å². The van der Waals surface area contributed by atoms with Crippen LogP contribution in [0, 0.1) is 5.92 Å². The molecular formula is C23H24BrN3O. The first-order chi connectivity index (χ1) is 13.5. The fourth-order valence-electron chi connectivity index (χ4n) is 4.74. The van der Waals surface area contributed by atoms with E-state index in [1.165, 1.54) is 10.9 Å². The lowest BCUT2D eigenvalue weighted by molar-refractivity contribution is -0.123. The number of hydrogen-bond donors (Lipinski definition) is 2. The van der Waals surface area contributed by atoms with Gasteiger partial charge in [-0.2, -0.15) is 0 Å². The summed E-state index contributed by atoms with van der Waals surface area (Å²) in [5.41, 5.74) is 4.61. The van der Waals surface area contributed by atoms with Crippen LogP contribution in [0.2, 0.25) is 0 Å². The van der Waals surface area contributed by atoms with Crippen molar-refractivity contribution >= 4 is 38.4 Å². The van der Waals surface area contributed by atoms with Crippen LogP contribution in [0.1, 0.15) is 37.1 Å². The van der Waals surface area contributed by atoms with Gasteiger partial charge in [-0.05, 0) is 48.6 Å². The van der Waals surface area contributed by atoms with E-state index in [-0.39, 0.29) is 5.91 Å². The second kappa shape index (κ2) is 6.46. The Labute approximate surface area is 173 Å². The summed E-state index contributed by atoms with van der Waals surface area (Å²) >= 11 is 3.62. The van der Waals surface area contributed by atoms with Gasteiger partial charge in [0.1, 0.15) is 0 Å². The highest BCUT2D eigenvalue weighted by atomic mass is 79.9. The van der Waals surface area contributed by atoms with Gasteiger partial charge in [0.15, 0.2) is 5.54 Å². The van der Waals surface area contributed by atoms with Crippen LogP contribution in [-0.4, -0.2) is 24.0 Å². The number of anilines is 1. The van der Waals surface area contributed by atoms with Crippen molar-refractivity contribution in [2.45, 2.75) is 32.2 Å². The predicted octanol–water partition coefficient (Wildman–Crippen LogP) is 4.71. The van der Waals surface area contributed by atoms with E-state index in [0.717, 1.165) is 52.9 Å². The summed E-state index contributed by atoms with van der Waals surface area (Å²) < 4.78 is 0.995. The predicted molar refractivity (Wildman–Crippen MR) is 117 cm³/mol. The van der Waals surface area contributed by atoms with Crippen molar-refractivity contribution in [2.75, 3.05) is 18.0 Å². The molecular weight excluding hydrogens is 414 g/mol. The monoisotopic (exact) mass is 437 g/mol. The van der Waals surface area contributed by atoms with Gasteiger partial charge in [0.05, 0.1) is 5.69 Å². The number of amides is 1. The zero-order chi connectivity index (χ0) is 19.5. The summed E-state index contributed by atoms with van der Waals surface area (Å²) in [5.74, 6) is 0.681. The first-order valence-corrected chi connectivity index (χ1v) is 10.8. The standard InChI is InChI=1S/C23H24BrN3O/c1-14(2)10-12-27-20-8-7-15(24)13-18(20)23(22(27)28)21-17(9-11-25-23)16-5-3-4-6-19(16)26-21/h3-8,13-14,25-26H,9-12H2,1-2H3/t23-/m0/s1. The molecule has 0 bridgehead atoms. The molecule has 2 aliphatic heterocycles. The van der Waals surface area contributed by atoms with Crippen LogP contribution in [0.15, 0.2) is 46.9 Å². The quantitative estimate of drug-likeness (QED) is 0.622. The minimum Gasteiger partial charge on any atom is -0.356 e. The summed E-state index contributed by atoms with van der Waals surface area (Å²) in [5, 5.41) is 4.84. The molecule has 4 nitrogen and oxygen atoms in total. The van der Waals surface area contributed by atoms with Gasteiger partial charge < -0.3 is 9.88 Å². The third kappa shape index (κ3) is 2.42. The second-order valence-corrected chi connectivity index (χ2v) is 9.17. The van der Waals surface area contributed by atoms with Crippen LogP contribution < -0.4 is 10.2 Å². The number of halogens is 1. The Bertz CT molecular complexity index is 1090. The zero-order valence-corrected chi connectivity index (χ0v) is 17.8. The number of benzene rings is 2. The van der Waals surface area contributed by atoms with Crippen molar-refractivity contribution in [3.8, 4) is 0 Å². The number of aromatic amines is 1. The van der Waals surface area contributed by atoms with Crippen LogP contribution in [-0.2, 0) is 16.8 Å². The molecule has 3 heterocycles. The fraction of sp³-hybridized carbons (Fsp3) is 0.348. The molecule has 2 N–H and O–H groups in total. The Morgan fingerprint density at radius 1 is 1.21 bits per heavy atom.